The van der Waals surface area contributed by atoms with Crippen LogP contribution in [0, 0.1) is 0 Å². The fraction of sp³-hybridized carbons (Fsp3) is 0. The predicted octanol–water partition coefficient (Wildman–Crippen LogP) is 0.0170. The van der Waals surface area contributed by atoms with Crippen LogP contribution in [0.25, 0.3) is 21.8 Å². The molecule has 102 valence electrons. The summed E-state index contributed by atoms with van der Waals surface area (Å²) >= 11 is 0. The van der Waals surface area contributed by atoms with Gasteiger partial charge in [-0.15, -0.1) is 0 Å². The van der Waals surface area contributed by atoms with Crippen molar-refractivity contribution in [3.8, 4) is 0 Å². The van der Waals surface area contributed by atoms with Gasteiger partial charge in [0.1, 0.15) is 0 Å². The molecule has 7 nitrogen and oxygen atoms in total. The Morgan fingerprint density at radius 1 is 0.950 bits per heavy atom. The van der Waals surface area contributed by atoms with Crippen LogP contribution in [0.1, 0.15) is 0 Å². The van der Waals surface area contributed by atoms with E-state index in [9.17, 15) is 18.0 Å². The van der Waals surface area contributed by atoms with Crippen LogP contribution in [0.3, 0.4) is 0 Å². The zero-order valence-electron chi connectivity index (χ0n) is 10.0. The van der Waals surface area contributed by atoms with Crippen molar-refractivity contribution < 1.29 is 8.42 Å². The normalized spacial score (nSPS) is 12.1. The lowest BCUT2D eigenvalue weighted by atomic mass is 10.1. The van der Waals surface area contributed by atoms with Crippen molar-refractivity contribution in [1.82, 2.24) is 9.97 Å². The molecule has 1 aromatic heterocycles. The van der Waals surface area contributed by atoms with Gasteiger partial charge in [-0.1, -0.05) is 12.1 Å². The Hall–Kier alpha value is -2.45. The molecule has 0 amide bonds. The molecule has 0 atom stereocenters. The summed E-state index contributed by atoms with van der Waals surface area (Å²) in [5.41, 5.74) is -0.795. The number of hydrogen-bond donors (Lipinski definition) is 3. The molecule has 0 aliphatic heterocycles. The Morgan fingerprint density at radius 3 is 2.30 bits per heavy atom. The smallest absolute Gasteiger partial charge is 0.314 e. The second-order valence-corrected chi connectivity index (χ2v) is 5.89. The van der Waals surface area contributed by atoms with Crippen LogP contribution in [0.15, 0.2) is 44.8 Å². The van der Waals surface area contributed by atoms with E-state index in [0.717, 1.165) is 0 Å². The summed E-state index contributed by atoms with van der Waals surface area (Å²) in [6.45, 7) is 0. The zero-order valence-corrected chi connectivity index (χ0v) is 10.8. The quantitative estimate of drug-likeness (QED) is 0.431. The number of benzene rings is 2. The first-order valence-corrected chi connectivity index (χ1v) is 7.13. The summed E-state index contributed by atoms with van der Waals surface area (Å²) in [7, 11) is -3.85. The molecule has 0 bridgehead atoms. The number of aromatic amines is 2. The highest BCUT2D eigenvalue weighted by Gasteiger charge is 2.10. The molecule has 0 radical (unpaired) electrons. The number of sulfonamides is 1. The lowest BCUT2D eigenvalue weighted by molar-refractivity contribution is 0.598. The lowest BCUT2D eigenvalue weighted by Gasteiger charge is -2.05. The summed E-state index contributed by atoms with van der Waals surface area (Å²) in [5, 5.41) is 6.29. The summed E-state index contributed by atoms with van der Waals surface area (Å²) in [4.78, 5) is 27.5. The van der Waals surface area contributed by atoms with Gasteiger partial charge < -0.3 is 9.97 Å². The molecule has 0 aliphatic carbocycles. The molecule has 3 aromatic rings. The third-order valence-electron chi connectivity index (χ3n) is 3.01. The van der Waals surface area contributed by atoms with E-state index in [1.54, 1.807) is 18.2 Å². The van der Waals surface area contributed by atoms with E-state index in [2.05, 4.69) is 9.97 Å². The summed E-state index contributed by atoms with van der Waals surface area (Å²) in [6, 6.07) is 7.66. The Labute approximate surface area is 112 Å². The lowest BCUT2D eigenvalue weighted by Crippen LogP contribution is -2.28. The van der Waals surface area contributed by atoms with Crippen LogP contribution >= 0.6 is 0 Å². The van der Waals surface area contributed by atoms with E-state index in [1.165, 1.54) is 12.1 Å². The van der Waals surface area contributed by atoms with Gasteiger partial charge >= 0.3 is 11.1 Å². The fourth-order valence-corrected chi connectivity index (χ4v) is 2.60. The molecule has 8 heteroatoms. The van der Waals surface area contributed by atoms with Gasteiger partial charge in [-0.25, -0.2) is 13.6 Å². The molecule has 0 aliphatic rings. The highest BCUT2D eigenvalue weighted by atomic mass is 32.2. The van der Waals surface area contributed by atoms with Crippen molar-refractivity contribution in [2.45, 2.75) is 4.90 Å². The first-order chi connectivity index (χ1) is 9.36. The summed E-state index contributed by atoms with van der Waals surface area (Å²) in [6.07, 6.45) is 0. The number of nitrogens with two attached hydrogens (primary N) is 1. The van der Waals surface area contributed by atoms with Gasteiger partial charge in [0.05, 0.1) is 15.9 Å². The van der Waals surface area contributed by atoms with Crippen LogP contribution in [0.5, 0.6) is 0 Å². The molecular weight excluding hydrogens is 282 g/mol. The third-order valence-corrected chi connectivity index (χ3v) is 3.93. The standard InChI is InChI=1S/C12H9N3O4S/c13-20(18,19)7-3-1-6-2-4-9-10(8(6)5-7)15-12(17)11(16)14-9/h1-5H,(H,14,16)(H,15,17)(H2,13,18,19). The molecule has 1 heterocycles. The summed E-state index contributed by atoms with van der Waals surface area (Å²) in [5.74, 6) is 0. The number of aromatic nitrogens is 2. The molecule has 2 aromatic carbocycles. The van der Waals surface area contributed by atoms with E-state index < -0.39 is 21.1 Å². The monoisotopic (exact) mass is 291 g/mol. The Kier molecular flexibility index (Phi) is 2.53. The van der Waals surface area contributed by atoms with E-state index in [-0.39, 0.29) is 4.90 Å². The van der Waals surface area contributed by atoms with Crippen molar-refractivity contribution in [3.05, 3.63) is 51.0 Å². The first-order valence-electron chi connectivity index (χ1n) is 5.58. The van der Waals surface area contributed by atoms with Crippen molar-refractivity contribution >= 4 is 31.8 Å². The van der Waals surface area contributed by atoms with E-state index >= 15 is 0 Å². The molecular formula is C12H9N3O4S. The van der Waals surface area contributed by atoms with Gasteiger partial charge in [0, 0.05) is 5.39 Å². The van der Waals surface area contributed by atoms with E-state index in [0.29, 0.717) is 21.8 Å². The molecule has 0 saturated carbocycles. The molecule has 3 rings (SSSR count). The molecule has 0 unspecified atom stereocenters. The van der Waals surface area contributed by atoms with Crippen LogP contribution < -0.4 is 16.3 Å². The number of fused-ring (bicyclic) bond motifs is 3. The number of H-pyrrole nitrogens is 2. The predicted molar refractivity (Wildman–Crippen MR) is 74.1 cm³/mol. The average molecular weight is 291 g/mol. The van der Waals surface area contributed by atoms with E-state index in [1.807, 2.05) is 0 Å². The number of rotatable bonds is 1. The minimum Gasteiger partial charge on any atom is -0.316 e. The minimum atomic E-state index is -3.85. The maximum absolute atomic E-state index is 11.4. The van der Waals surface area contributed by atoms with Crippen molar-refractivity contribution in [2.24, 2.45) is 5.14 Å². The van der Waals surface area contributed by atoms with Crippen LogP contribution in [-0.2, 0) is 10.0 Å². The third kappa shape index (κ3) is 1.91. The van der Waals surface area contributed by atoms with Gasteiger partial charge in [0.25, 0.3) is 0 Å². The van der Waals surface area contributed by atoms with Crippen LogP contribution in [-0.4, -0.2) is 18.4 Å². The summed E-state index contributed by atoms with van der Waals surface area (Å²) < 4.78 is 22.8. The Bertz CT molecular complexity index is 1060. The van der Waals surface area contributed by atoms with Crippen LogP contribution in [0.4, 0.5) is 0 Å². The second-order valence-electron chi connectivity index (χ2n) is 4.32. The van der Waals surface area contributed by atoms with Crippen molar-refractivity contribution in [1.29, 1.82) is 0 Å². The highest BCUT2D eigenvalue weighted by molar-refractivity contribution is 7.89. The number of nitrogens with one attached hydrogen (secondary N) is 2. The largest absolute Gasteiger partial charge is 0.316 e. The Morgan fingerprint density at radius 2 is 1.60 bits per heavy atom. The number of hydrogen-bond acceptors (Lipinski definition) is 4. The molecule has 0 fully saturated rings. The van der Waals surface area contributed by atoms with Gasteiger partial charge in [0.15, 0.2) is 0 Å². The van der Waals surface area contributed by atoms with Crippen molar-refractivity contribution in [2.75, 3.05) is 0 Å². The number of primary sulfonamides is 1. The molecule has 0 spiro atoms. The highest BCUT2D eigenvalue weighted by Crippen LogP contribution is 2.23. The zero-order chi connectivity index (χ0) is 14.5. The fourth-order valence-electron chi connectivity index (χ4n) is 2.06. The topological polar surface area (TPSA) is 126 Å². The second kappa shape index (κ2) is 4.02. The maximum atomic E-state index is 11.4. The average Bonchev–Trinajstić information content (AvgIpc) is 2.38. The maximum Gasteiger partial charge on any atom is 0.314 e. The Balaban J connectivity index is 2.54. The SMILES string of the molecule is NS(=O)(=O)c1ccc2ccc3[nH]c(=O)c(=O)[nH]c3c2c1. The molecule has 0 saturated heterocycles. The first kappa shape index (κ1) is 12.6. The van der Waals surface area contributed by atoms with Gasteiger partial charge in [-0.3, -0.25) is 9.59 Å². The van der Waals surface area contributed by atoms with Gasteiger partial charge in [0.2, 0.25) is 10.0 Å². The molecule has 20 heavy (non-hydrogen) atoms. The molecule has 4 N–H and O–H groups in total. The van der Waals surface area contributed by atoms with Gasteiger partial charge in [-0.2, -0.15) is 0 Å². The van der Waals surface area contributed by atoms with Crippen LogP contribution in [0.2, 0.25) is 0 Å². The van der Waals surface area contributed by atoms with Crippen molar-refractivity contribution in [3.63, 3.8) is 0 Å². The van der Waals surface area contributed by atoms with Gasteiger partial charge in [-0.05, 0) is 23.6 Å². The van der Waals surface area contributed by atoms with E-state index in [4.69, 9.17) is 5.14 Å². The minimum absolute atomic E-state index is 0.0652.